The Hall–Kier alpha value is -3.06. The van der Waals surface area contributed by atoms with Crippen molar-refractivity contribution in [2.45, 2.75) is 19.6 Å². The number of nitrogens with one attached hydrogen (secondary N) is 1. The first-order valence-electron chi connectivity index (χ1n) is 7.91. The molecule has 0 saturated carbocycles. The molecular formula is C18H15FN4O2. The van der Waals surface area contributed by atoms with Gasteiger partial charge in [0.2, 0.25) is 0 Å². The van der Waals surface area contributed by atoms with E-state index >= 15 is 0 Å². The summed E-state index contributed by atoms with van der Waals surface area (Å²) in [5.74, 6) is -0.308. The molecule has 0 atom stereocenters. The Morgan fingerprint density at radius 1 is 1.20 bits per heavy atom. The molecule has 0 amide bonds. The number of halogens is 1. The largest absolute Gasteiger partial charge is 0.307 e. The Labute approximate surface area is 143 Å². The normalized spacial score (nSPS) is 13.0. The zero-order valence-corrected chi connectivity index (χ0v) is 13.3. The van der Waals surface area contributed by atoms with Gasteiger partial charge < -0.3 is 5.32 Å². The van der Waals surface area contributed by atoms with E-state index in [1.807, 2.05) is 6.07 Å². The number of fused-ring (bicyclic) bond motifs is 1. The summed E-state index contributed by atoms with van der Waals surface area (Å²) in [4.78, 5) is 10.6. The third kappa shape index (κ3) is 2.78. The number of rotatable bonds is 4. The van der Waals surface area contributed by atoms with Crippen LogP contribution >= 0.6 is 0 Å². The Bertz CT molecular complexity index is 967. The molecule has 25 heavy (non-hydrogen) atoms. The lowest BCUT2D eigenvalue weighted by molar-refractivity contribution is -0.384. The van der Waals surface area contributed by atoms with Gasteiger partial charge in [0.25, 0.3) is 5.69 Å². The van der Waals surface area contributed by atoms with Gasteiger partial charge in [0, 0.05) is 36.3 Å². The van der Waals surface area contributed by atoms with Gasteiger partial charge in [-0.25, -0.2) is 4.39 Å². The highest BCUT2D eigenvalue weighted by atomic mass is 19.1. The summed E-state index contributed by atoms with van der Waals surface area (Å²) in [5, 5.41) is 18.8. The maximum Gasteiger partial charge on any atom is 0.269 e. The SMILES string of the molecule is O=[N+]([O-])c1cccc(Cn2nc3c(c2-c2ccccc2F)CNC3)c1. The fourth-order valence-corrected chi connectivity index (χ4v) is 3.19. The Morgan fingerprint density at radius 3 is 2.84 bits per heavy atom. The van der Waals surface area contributed by atoms with Gasteiger partial charge in [-0.2, -0.15) is 5.10 Å². The smallest absolute Gasteiger partial charge is 0.269 e. The van der Waals surface area contributed by atoms with Gasteiger partial charge in [0.05, 0.1) is 22.9 Å². The zero-order valence-electron chi connectivity index (χ0n) is 13.3. The average molecular weight is 338 g/mol. The summed E-state index contributed by atoms with van der Waals surface area (Å²) in [6.45, 7) is 1.62. The third-order valence-corrected chi connectivity index (χ3v) is 4.31. The number of aromatic nitrogens is 2. The third-order valence-electron chi connectivity index (χ3n) is 4.31. The molecule has 1 aliphatic heterocycles. The molecule has 0 radical (unpaired) electrons. The fraction of sp³-hybridized carbons (Fsp3) is 0.167. The minimum atomic E-state index is -0.422. The molecule has 0 aliphatic carbocycles. The Kier molecular flexibility index (Phi) is 3.77. The maximum absolute atomic E-state index is 14.4. The second-order valence-electron chi connectivity index (χ2n) is 5.94. The van der Waals surface area contributed by atoms with E-state index in [9.17, 15) is 14.5 Å². The van der Waals surface area contributed by atoms with E-state index in [2.05, 4.69) is 10.4 Å². The lowest BCUT2D eigenvalue weighted by atomic mass is 10.1. The molecule has 4 rings (SSSR count). The minimum Gasteiger partial charge on any atom is -0.307 e. The van der Waals surface area contributed by atoms with E-state index in [1.54, 1.807) is 28.9 Å². The number of nitro groups is 1. The molecule has 2 aromatic carbocycles. The first-order chi connectivity index (χ1) is 12.1. The number of benzene rings is 2. The number of nitro benzene ring substituents is 1. The highest BCUT2D eigenvalue weighted by Crippen LogP contribution is 2.31. The molecule has 0 fully saturated rings. The predicted octanol–water partition coefficient (Wildman–Crippen LogP) is 3.25. The van der Waals surface area contributed by atoms with Crippen molar-refractivity contribution >= 4 is 5.69 Å². The van der Waals surface area contributed by atoms with Crippen molar-refractivity contribution in [3.63, 3.8) is 0 Å². The van der Waals surface area contributed by atoms with Crippen LogP contribution in [0.3, 0.4) is 0 Å². The Balaban J connectivity index is 1.80. The number of hydrogen-bond acceptors (Lipinski definition) is 4. The van der Waals surface area contributed by atoms with Gasteiger partial charge in [0.1, 0.15) is 5.82 Å². The molecular weight excluding hydrogens is 323 g/mol. The van der Waals surface area contributed by atoms with Crippen LogP contribution in [-0.4, -0.2) is 14.7 Å². The molecule has 1 N–H and O–H groups in total. The van der Waals surface area contributed by atoms with E-state index in [1.165, 1.54) is 18.2 Å². The lowest BCUT2D eigenvalue weighted by Crippen LogP contribution is -2.10. The van der Waals surface area contributed by atoms with Crippen LogP contribution in [0, 0.1) is 15.9 Å². The van der Waals surface area contributed by atoms with Gasteiger partial charge in [-0.3, -0.25) is 14.8 Å². The van der Waals surface area contributed by atoms with E-state index in [-0.39, 0.29) is 11.5 Å². The molecule has 1 aliphatic rings. The van der Waals surface area contributed by atoms with Crippen LogP contribution < -0.4 is 5.32 Å². The van der Waals surface area contributed by atoms with E-state index in [0.717, 1.165) is 22.5 Å². The predicted molar refractivity (Wildman–Crippen MR) is 90.4 cm³/mol. The summed E-state index contributed by atoms with van der Waals surface area (Å²) in [6.07, 6.45) is 0. The van der Waals surface area contributed by atoms with Gasteiger partial charge in [0.15, 0.2) is 0 Å². The van der Waals surface area contributed by atoms with Crippen molar-refractivity contribution in [1.82, 2.24) is 15.1 Å². The van der Waals surface area contributed by atoms with Gasteiger partial charge in [-0.15, -0.1) is 0 Å². The van der Waals surface area contributed by atoms with Crippen LogP contribution in [0.1, 0.15) is 16.8 Å². The van der Waals surface area contributed by atoms with Crippen molar-refractivity contribution in [3.05, 3.63) is 81.3 Å². The number of hydrogen-bond donors (Lipinski definition) is 1. The topological polar surface area (TPSA) is 73.0 Å². The van der Waals surface area contributed by atoms with Crippen molar-refractivity contribution in [2.75, 3.05) is 0 Å². The standard InChI is InChI=1S/C18H15FN4O2/c19-16-7-2-1-6-14(16)18-15-9-20-10-17(15)21-22(18)11-12-4-3-5-13(8-12)23(24)25/h1-8,20H,9-11H2. The van der Waals surface area contributed by atoms with Crippen molar-refractivity contribution < 1.29 is 9.31 Å². The second-order valence-corrected chi connectivity index (χ2v) is 5.94. The van der Waals surface area contributed by atoms with Gasteiger partial charge in [-0.05, 0) is 17.7 Å². The molecule has 3 aromatic rings. The summed E-state index contributed by atoms with van der Waals surface area (Å²) in [7, 11) is 0. The number of nitrogens with zero attached hydrogens (tertiary/aromatic N) is 3. The summed E-state index contributed by atoms with van der Waals surface area (Å²) < 4.78 is 16.1. The van der Waals surface area contributed by atoms with Crippen LogP contribution in [0.15, 0.2) is 48.5 Å². The molecule has 7 heteroatoms. The van der Waals surface area contributed by atoms with Crippen LogP contribution in [0.25, 0.3) is 11.3 Å². The fourth-order valence-electron chi connectivity index (χ4n) is 3.19. The van der Waals surface area contributed by atoms with Crippen LogP contribution in [0.4, 0.5) is 10.1 Å². The highest BCUT2D eigenvalue weighted by molar-refractivity contribution is 5.66. The monoisotopic (exact) mass is 338 g/mol. The second kappa shape index (κ2) is 6.10. The summed E-state index contributed by atoms with van der Waals surface area (Å²) in [5.41, 5.74) is 3.88. The van der Waals surface area contributed by atoms with Crippen LogP contribution in [0.2, 0.25) is 0 Å². The van der Waals surface area contributed by atoms with Gasteiger partial charge in [-0.1, -0.05) is 24.3 Å². The molecule has 0 unspecified atom stereocenters. The molecule has 1 aromatic heterocycles. The molecule has 0 saturated heterocycles. The Morgan fingerprint density at radius 2 is 2.04 bits per heavy atom. The van der Waals surface area contributed by atoms with Crippen LogP contribution in [-0.2, 0) is 19.6 Å². The molecule has 6 nitrogen and oxygen atoms in total. The molecule has 2 heterocycles. The van der Waals surface area contributed by atoms with Crippen molar-refractivity contribution in [3.8, 4) is 11.3 Å². The first kappa shape index (κ1) is 15.5. The lowest BCUT2D eigenvalue weighted by Gasteiger charge is -2.11. The van der Waals surface area contributed by atoms with Crippen LogP contribution in [0.5, 0.6) is 0 Å². The van der Waals surface area contributed by atoms with Gasteiger partial charge >= 0.3 is 0 Å². The quantitative estimate of drug-likeness (QED) is 0.585. The zero-order chi connectivity index (χ0) is 17.4. The molecule has 0 bridgehead atoms. The van der Waals surface area contributed by atoms with Crippen molar-refractivity contribution in [2.24, 2.45) is 0 Å². The maximum atomic E-state index is 14.4. The minimum absolute atomic E-state index is 0.0336. The first-order valence-corrected chi connectivity index (χ1v) is 7.91. The summed E-state index contributed by atoms with van der Waals surface area (Å²) in [6, 6.07) is 13.0. The van der Waals surface area contributed by atoms with E-state index < -0.39 is 4.92 Å². The summed E-state index contributed by atoms with van der Waals surface area (Å²) >= 11 is 0. The number of non-ortho nitro benzene ring substituents is 1. The van der Waals surface area contributed by atoms with E-state index in [0.29, 0.717) is 25.2 Å². The van der Waals surface area contributed by atoms with Crippen molar-refractivity contribution in [1.29, 1.82) is 0 Å². The molecule has 126 valence electrons. The molecule has 0 spiro atoms. The van der Waals surface area contributed by atoms with E-state index in [4.69, 9.17) is 0 Å². The highest BCUT2D eigenvalue weighted by Gasteiger charge is 2.24. The average Bonchev–Trinajstić information content (AvgIpc) is 3.17.